The maximum absolute atomic E-state index is 12.8. The van der Waals surface area contributed by atoms with Crippen LogP contribution in [0, 0.1) is 0 Å². The van der Waals surface area contributed by atoms with E-state index in [0.717, 1.165) is 21.8 Å². The van der Waals surface area contributed by atoms with Crippen LogP contribution in [-0.2, 0) is 15.6 Å². The maximum Gasteiger partial charge on any atom is 0.387 e. The van der Waals surface area contributed by atoms with E-state index in [1.807, 2.05) is 0 Å². The van der Waals surface area contributed by atoms with Crippen LogP contribution in [0.1, 0.15) is 35.8 Å². The largest absolute Gasteiger partial charge is 0.433 e. The minimum Gasteiger partial charge on any atom is -0.433 e. The number of carbonyl (C=O) groups is 1. The summed E-state index contributed by atoms with van der Waals surface area (Å²) in [5.74, 6) is -0.791. The molecule has 0 aromatic carbocycles. The summed E-state index contributed by atoms with van der Waals surface area (Å²) in [6, 6.07) is 2.41. The molecule has 0 unspecified atom stereocenters. The van der Waals surface area contributed by atoms with Crippen molar-refractivity contribution in [3.05, 3.63) is 34.4 Å². The van der Waals surface area contributed by atoms with E-state index in [9.17, 15) is 22.0 Å². The lowest BCUT2D eigenvalue weighted by molar-refractivity contribution is -0.0500. The summed E-state index contributed by atoms with van der Waals surface area (Å²) < 4.78 is 55.2. The summed E-state index contributed by atoms with van der Waals surface area (Å²) in [6.45, 7) is 0.365. The molecule has 2 aromatic rings. The fourth-order valence-corrected chi connectivity index (χ4v) is 6.05. The van der Waals surface area contributed by atoms with Gasteiger partial charge >= 0.3 is 6.61 Å². The molecule has 1 amide bonds. The lowest BCUT2D eigenvalue weighted by atomic mass is 9.97. The number of amides is 1. The third-order valence-corrected chi connectivity index (χ3v) is 8.31. The Bertz CT molecular complexity index is 1110. The summed E-state index contributed by atoms with van der Waals surface area (Å²) in [6.07, 6.45) is 1.28. The molecule has 31 heavy (non-hydrogen) atoms. The van der Waals surface area contributed by atoms with Gasteiger partial charge in [0.1, 0.15) is 33.1 Å². The molecular formula is C17H20F2N6O4S2. The SMILES string of the molecule is CC[C@H]1[C@@](C)(c2nc(NC(=O)c3ccc(OC(F)F)cn3)cs2)N=C(N)N(C)S1(=O)=O. The van der Waals surface area contributed by atoms with Gasteiger partial charge in [-0.3, -0.25) is 4.79 Å². The highest BCUT2D eigenvalue weighted by Crippen LogP contribution is 2.41. The number of anilines is 1. The fourth-order valence-electron chi connectivity index (χ4n) is 3.22. The van der Waals surface area contributed by atoms with Gasteiger partial charge in [0, 0.05) is 12.4 Å². The number of pyridine rings is 1. The van der Waals surface area contributed by atoms with Crippen LogP contribution in [0.5, 0.6) is 5.75 Å². The number of nitrogens with two attached hydrogens (primary N) is 1. The topological polar surface area (TPSA) is 140 Å². The molecule has 1 aliphatic heterocycles. The highest BCUT2D eigenvalue weighted by Gasteiger charge is 2.51. The van der Waals surface area contributed by atoms with Crippen molar-refractivity contribution in [3.8, 4) is 5.75 Å². The maximum atomic E-state index is 12.8. The van der Waals surface area contributed by atoms with E-state index in [-0.39, 0.29) is 29.6 Å². The Morgan fingerprint density at radius 3 is 2.74 bits per heavy atom. The van der Waals surface area contributed by atoms with Crippen LogP contribution >= 0.6 is 11.3 Å². The predicted octanol–water partition coefficient (Wildman–Crippen LogP) is 1.98. The number of sulfonamides is 1. The zero-order valence-corrected chi connectivity index (χ0v) is 18.4. The monoisotopic (exact) mass is 474 g/mol. The third-order valence-electron chi connectivity index (χ3n) is 4.78. The average molecular weight is 475 g/mol. The van der Waals surface area contributed by atoms with Crippen LogP contribution in [0.2, 0.25) is 0 Å². The molecule has 2 atom stereocenters. The van der Waals surface area contributed by atoms with Crippen LogP contribution in [0.25, 0.3) is 0 Å². The molecule has 3 rings (SSSR count). The van der Waals surface area contributed by atoms with Gasteiger partial charge in [0.2, 0.25) is 16.0 Å². The number of hydrogen-bond acceptors (Lipinski definition) is 9. The minimum atomic E-state index is -3.75. The molecule has 10 nitrogen and oxygen atoms in total. The fraction of sp³-hybridized carbons (Fsp3) is 0.412. The van der Waals surface area contributed by atoms with E-state index in [1.165, 1.54) is 24.6 Å². The van der Waals surface area contributed by atoms with Gasteiger partial charge in [-0.1, -0.05) is 6.92 Å². The smallest absolute Gasteiger partial charge is 0.387 e. The molecule has 14 heteroatoms. The lowest BCUT2D eigenvalue weighted by Gasteiger charge is -2.39. The highest BCUT2D eigenvalue weighted by molar-refractivity contribution is 7.90. The molecule has 0 saturated heterocycles. The number of aromatic nitrogens is 2. The summed E-state index contributed by atoms with van der Waals surface area (Å²) >= 11 is 1.13. The molecule has 0 fully saturated rings. The number of rotatable bonds is 6. The Balaban J connectivity index is 1.83. The van der Waals surface area contributed by atoms with Gasteiger partial charge in [0.05, 0.1) is 6.20 Å². The summed E-state index contributed by atoms with van der Waals surface area (Å²) in [4.78, 5) is 24.9. The van der Waals surface area contributed by atoms with Crippen molar-refractivity contribution in [1.82, 2.24) is 14.3 Å². The minimum absolute atomic E-state index is 0.0436. The number of halogens is 2. The second-order valence-electron chi connectivity index (χ2n) is 6.78. The van der Waals surface area contributed by atoms with Crippen molar-refractivity contribution in [3.63, 3.8) is 0 Å². The number of thiazole rings is 1. The first-order valence-corrected chi connectivity index (χ1v) is 11.4. The van der Waals surface area contributed by atoms with Crippen molar-refractivity contribution in [1.29, 1.82) is 0 Å². The number of guanidine groups is 1. The van der Waals surface area contributed by atoms with E-state index in [0.29, 0.717) is 5.01 Å². The number of hydrogen-bond donors (Lipinski definition) is 2. The molecule has 0 bridgehead atoms. The Morgan fingerprint density at radius 2 is 2.16 bits per heavy atom. The third kappa shape index (κ3) is 4.30. The number of carbonyl (C=O) groups excluding carboxylic acids is 1. The van der Waals surface area contributed by atoms with Gasteiger partial charge in [-0.15, -0.1) is 11.3 Å². The Hall–Kier alpha value is -2.87. The van der Waals surface area contributed by atoms with Crippen LogP contribution in [0.15, 0.2) is 28.7 Å². The number of aliphatic imine (C=N–C) groups is 1. The molecule has 2 aromatic heterocycles. The van der Waals surface area contributed by atoms with Crippen LogP contribution in [0.3, 0.4) is 0 Å². The normalized spacial score (nSPS) is 22.8. The summed E-state index contributed by atoms with van der Waals surface area (Å²) in [5.41, 5.74) is 4.55. The molecule has 168 valence electrons. The van der Waals surface area contributed by atoms with Crippen LogP contribution < -0.4 is 15.8 Å². The number of nitrogens with one attached hydrogen (secondary N) is 1. The van der Waals surface area contributed by atoms with Crippen molar-refractivity contribution in [2.24, 2.45) is 10.7 Å². The van der Waals surface area contributed by atoms with Crippen molar-refractivity contribution in [2.75, 3.05) is 12.4 Å². The predicted molar refractivity (Wildman–Crippen MR) is 111 cm³/mol. The zero-order valence-electron chi connectivity index (χ0n) is 16.7. The van der Waals surface area contributed by atoms with Gasteiger partial charge in [-0.05, 0) is 25.5 Å². The van der Waals surface area contributed by atoms with Crippen LogP contribution in [0.4, 0.5) is 14.6 Å². The molecule has 3 heterocycles. The van der Waals surface area contributed by atoms with E-state index >= 15 is 0 Å². The van der Waals surface area contributed by atoms with Crippen LogP contribution in [-0.4, -0.2) is 53.5 Å². The number of nitrogens with zero attached hydrogens (tertiary/aromatic N) is 4. The second kappa shape index (κ2) is 8.34. The van der Waals surface area contributed by atoms with Gasteiger partial charge in [-0.25, -0.2) is 27.7 Å². The first-order valence-electron chi connectivity index (χ1n) is 9.00. The second-order valence-corrected chi connectivity index (χ2v) is 9.78. The molecule has 0 spiro atoms. The molecule has 0 radical (unpaired) electrons. The van der Waals surface area contributed by atoms with Gasteiger partial charge in [-0.2, -0.15) is 8.78 Å². The molecular weight excluding hydrogens is 454 g/mol. The number of alkyl halides is 2. The van der Waals surface area contributed by atoms with Gasteiger partial charge in [0.15, 0.2) is 0 Å². The van der Waals surface area contributed by atoms with Crippen molar-refractivity contribution < 1.29 is 26.7 Å². The quantitative estimate of drug-likeness (QED) is 0.652. The summed E-state index contributed by atoms with van der Waals surface area (Å²) in [7, 11) is -2.40. The molecule has 0 aliphatic carbocycles. The lowest BCUT2D eigenvalue weighted by Crippen LogP contribution is -2.56. The van der Waals surface area contributed by atoms with E-state index < -0.39 is 33.3 Å². The first-order chi connectivity index (χ1) is 14.5. The Morgan fingerprint density at radius 1 is 1.45 bits per heavy atom. The first kappa shape index (κ1) is 22.8. The van der Waals surface area contributed by atoms with E-state index in [4.69, 9.17) is 5.73 Å². The Kier molecular flexibility index (Phi) is 6.14. The Labute approximate surface area is 181 Å². The standard InChI is InChI=1S/C17H20F2N6O4S2/c1-4-11-17(2,24-16(20)25(3)31(11,27)28)14-23-12(8-30-14)22-13(26)10-6-5-9(7-21-10)29-15(18)19/h5-8,11,15H,4H2,1-3H3,(H2,20,24)(H,22,26)/t11-,17-/m0/s1. The highest BCUT2D eigenvalue weighted by atomic mass is 32.2. The molecule has 3 N–H and O–H groups in total. The van der Waals surface area contributed by atoms with Gasteiger partial charge in [0.25, 0.3) is 5.91 Å². The summed E-state index contributed by atoms with van der Waals surface area (Å²) in [5, 5.41) is 3.55. The number of ether oxygens (including phenoxy) is 1. The van der Waals surface area contributed by atoms with Crippen molar-refractivity contribution in [2.45, 2.75) is 37.7 Å². The molecule has 1 aliphatic rings. The van der Waals surface area contributed by atoms with E-state index in [2.05, 4.69) is 25.0 Å². The van der Waals surface area contributed by atoms with Crippen molar-refractivity contribution >= 4 is 39.0 Å². The average Bonchev–Trinajstić information content (AvgIpc) is 3.16. The molecule has 0 saturated carbocycles. The van der Waals surface area contributed by atoms with Gasteiger partial charge < -0.3 is 15.8 Å². The van der Waals surface area contributed by atoms with E-state index in [1.54, 1.807) is 13.8 Å². The zero-order chi connectivity index (χ0) is 23.0.